The van der Waals surface area contributed by atoms with Gasteiger partial charge in [0.2, 0.25) is 0 Å². The number of rotatable bonds is 2. The Labute approximate surface area is 164 Å². The van der Waals surface area contributed by atoms with Crippen LogP contribution >= 0.6 is 35.4 Å². The van der Waals surface area contributed by atoms with E-state index in [1.165, 1.54) is 12.1 Å². The number of aryl methyl sites for hydroxylation is 1. The second-order valence-corrected chi connectivity index (χ2v) is 6.76. The molecule has 132 valence electrons. The third-order valence-corrected chi connectivity index (χ3v) is 4.66. The number of hydrogen-bond donors (Lipinski definition) is 1. The summed E-state index contributed by atoms with van der Waals surface area (Å²) in [6.07, 6.45) is 1.13. The zero-order valence-electron chi connectivity index (χ0n) is 13.3. The van der Waals surface area contributed by atoms with Crippen molar-refractivity contribution in [3.63, 3.8) is 0 Å². The molecule has 3 rings (SSSR count). The summed E-state index contributed by atoms with van der Waals surface area (Å²) in [5, 5.41) is 2.93. The van der Waals surface area contributed by atoms with E-state index in [-0.39, 0.29) is 21.3 Å². The summed E-state index contributed by atoms with van der Waals surface area (Å²) in [5.41, 5.74) is 0.454. The molecule has 1 saturated heterocycles. The fourth-order valence-electron chi connectivity index (χ4n) is 2.44. The number of hydrogen-bond acceptors (Lipinski definition) is 3. The van der Waals surface area contributed by atoms with E-state index in [0.717, 1.165) is 11.0 Å². The van der Waals surface area contributed by atoms with Gasteiger partial charge in [-0.3, -0.25) is 19.8 Å². The molecule has 0 radical (unpaired) electrons. The van der Waals surface area contributed by atoms with Gasteiger partial charge in [0.25, 0.3) is 11.8 Å². The standard InChI is InChI=1S/C18H11Cl2FN2O2S/c1-9-2-7-14(20)12(15(9)21)8-13-16(24)22-18(26)23(17(13)25)11-5-3-10(19)4-6-11/h2-8H,1H3,(H,22,24,26). The number of benzene rings is 2. The van der Waals surface area contributed by atoms with Crippen LogP contribution in [0.15, 0.2) is 42.0 Å². The number of thiocarbonyl (C=S) groups is 1. The molecule has 0 atom stereocenters. The summed E-state index contributed by atoms with van der Waals surface area (Å²) in [6.45, 7) is 1.56. The molecule has 2 aromatic carbocycles. The van der Waals surface area contributed by atoms with Crippen LogP contribution in [0.3, 0.4) is 0 Å². The highest BCUT2D eigenvalue weighted by atomic mass is 35.5. The van der Waals surface area contributed by atoms with Gasteiger partial charge in [-0.2, -0.15) is 0 Å². The van der Waals surface area contributed by atoms with Crippen molar-refractivity contribution in [3.8, 4) is 0 Å². The Balaban J connectivity index is 2.09. The highest BCUT2D eigenvalue weighted by Crippen LogP contribution is 2.27. The first kappa shape index (κ1) is 18.5. The first-order valence-electron chi connectivity index (χ1n) is 7.41. The predicted molar refractivity (Wildman–Crippen MR) is 104 cm³/mol. The molecule has 0 aliphatic carbocycles. The Morgan fingerprint density at radius 1 is 1.12 bits per heavy atom. The maximum absolute atomic E-state index is 14.4. The Bertz CT molecular complexity index is 974. The molecule has 2 amide bonds. The van der Waals surface area contributed by atoms with Crippen LogP contribution in [-0.2, 0) is 9.59 Å². The molecule has 26 heavy (non-hydrogen) atoms. The van der Waals surface area contributed by atoms with E-state index in [0.29, 0.717) is 16.3 Å². The Morgan fingerprint density at radius 2 is 1.77 bits per heavy atom. The summed E-state index contributed by atoms with van der Waals surface area (Å²) < 4.78 is 14.4. The number of anilines is 1. The van der Waals surface area contributed by atoms with E-state index in [1.54, 1.807) is 31.2 Å². The van der Waals surface area contributed by atoms with Gasteiger partial charge in [0.1, 0.15) is 11.4 Å². The number of carbonyl (C=O) groups is 2. The third kappa shape index (κ3) is 3.35. The van der Waals surface area contributed by atoms with Crippen molar-refractivity contribution in [2.75, 3.05) is 4.90 Å². The van der Waals surface area contributed by atoms with E-state index < -0.39 is 17.6 Å². The van der Waals surface area contributed by atoms with Crippen LogP contribution in [0.2, 0.25) is 10.0 Å². The molecule has 2 aromatic rings. The lowest BCUT2D eigenvalue weighted by Gasteiger charge is -2.29. The lowest BCUT2D eigenvalue weighted by Crippen LogP contribution is -2.54. The van der Waals surface area contributed by atoms with Gasteiger partial charge in [-0.15, -0.1) is 0 Å². The normalized spacial score (nSPS) is 16.2. The fraction of sp³-hybridized carbons (Fsp3) is 0.0556. The van der Waals surface area contributed by atoms with E-state index in [4.69, 9.17) is 35.4 Å². The number of carbonyl (C=O) groups excluding carboxylic acids is 2. The lowest BCUT2D eigenvalue weighted by atomic mass is 10.0. The van der Waals surface area contributed by atoms with Crippen LogP contribution in [0.25, 0.3) is 6.08 Å². The van der Waals surface area contributed by atoms with Gasteiger partial charge in [-0.25, -0.2) is 4.39 Å². The molecule has 0 saturated carbocycles. The van der Waals surface area contributed by atoms with Gasteiger partial charge in [0, 0.05) is 10.6 Å². The summed E-state index contributed by atoms with van der Waals surface area (Å²) in [7, 11) is 0. The van der Waals surface area contributed by atoms with E-state index in [9.17, 15) is 14.0 Å². The molecule has 4 nitrogen and oxygen atoms in total. The van der Waals surface area contributed by atoms with Crippen molar-refractivity contribution < 1.29 is 14.0 Å². The minimum Gasteiger partial charge on any atom is -0.298 e. The Kier molecular flexibility index (Phi) is 5.09. The van der Waals surface area contributed by atoms with Crippen molar-refractivity contribution in [2.45, 2.75) is 6.92 Å². The maximum Gasteiger partial charge on any atom is 0.270 e. The zero-order valence-corrected chi connectivity index (χ0v) is 15.7. The van der Waals surface area contributed by atoms with Crippen molar-refractivity contribution in [1.82, 2.24) is 5.32 Å². The predicted octanol–water partition coefficient (Wildman–Crippen LogP) is 4.27. The van der Waals surface area contributed by atoms with Crippen LogP contribution in [-0.4, -0.2) is 16.9 Å². The first-order chi connectivity index (χ1) is 12.3. The van der Waals surface area contributed by atoms with Crippen molar-refractivity contribution in [3.05, 3.63) is 69.0 Å². The molecule has 0 unspecified atom stereocenters. The first-order valence-corrected chi connectivity index (χ1v) is 8.57. The van der Waals surface area contributed by atoms with Crippen LogP contribution in [0.1, 0.15) is 11.1 Å². The topological polar surface area (TPSA) is 49.4 Å². The highest BCUT2D eigenvalue weighted by molar-refractivity contribution is 7.80. The average molecular weight is 409 g/mol. The second-order valence-electron chi connectivity index (χ2n) is 5.53. The van der Waals surface area contributed by atoms with E-state index in [1.807, 2.05) is 0 Å². The van der Waals surface area contributed by atoms with Crippen LogP contribution in [0.4, 0.5) is 10.1 Å². The smallest absolute Gasteiger partial charge is 0.270 e. The number of nitrogens with zero attached hydrogens (tertiary/aromatic N) is 1. The van der Waals surface area contributed by atoms with Crippen LogP contribution < -0.4 is 10.2 Å². The fourth-order valence-corrected chi connectivity index (χ4v) is 3.04. The molecule has 0 aromatic heterocycles. The molecule has 1 aliphatic rings. The summed E-state index contributed by atoms with van der Waals surface area (Å²) in [5.74, 6) is -2.00. The van der Waals surface area contributed by atoms with Crippen LogP contribution in [0, 0.1) is 12.7 Å². The molecule has 1 aliphatic heterocycles. The van der Waals surface area contributed by atoms with Crippen molar-refractivity contribution in [1.29, 1.82) is 0 Å². The van der Waals surface area contributed by atoms with Gasteiger partial charge >= 0.3 is 0 Å². The van der Waals surface area contributed by atoms with Gasteiger partial charge in [-0.1, -0.05) is 29.3 Å². The van der Waals surface area contributed by atoms with Crippen molar-refractivity contribution >= 4 is 64.1 Å². The van der Waals surface area contributed by atoms with Crippen LogP contribution in [0.5, 0.6) is 0 Å². The van der Waals surface area contributed by atoms with Gasteiger partial charge < -0.3 is 0 Å². The highest BCUT2D eigenvalue weighted by Gasteiger charge is 2.34. The zero-order chi connectivity index (χ0) is 19.0. The SMILES string of the molecule is Cc1ccc(Cl)c(C=C2C(=O)NC(=S)N(c3ccc(Cl)cc3)C2=O)c1F. The third-order valence-electron chi connectivity index (χ3n) is 3.79. The summed E-state index contributed by atoms with van der Waals surface area (Å²) in [4.78, 5) is 26.3. The Hall–Kier alpha value is -2.28. The quantitative estimate of drug-likeness (QED) is 0.458. The second kappa shape index (κ2) is 7.15. The molecule has 8 heteroatoms. The molecule has 1 N–H and O–H groups in total. The minimum atomic E-state index is -0.720. The molecule has 1 heterocycles. The van der Waals surface area contributed by atoms with Crippen molar-refractivity contribution in [2.24, 2.45) is 0 Å². The number of amides is 2. The largest absolute Gasteiger partial charge is 0.298 e. The van der Waals surface area contributed by atoms with E-state index in [2.05, 4.69) is 5.32 Å². The average Bonchev–Trinajstić information content (AvgIpc) is 2.59. The number of nitrogens with one attached hydrogen (secondary N) is 1. The van der Waals surface area contributed by atoms with Gasteiger partial charge in [0.05, 0.1) is 10.7 Å². The summed E-state index contributed by atoms with van der Waals surface area (Å²) >= 11 is 17.0. The molecule has 0 bridgehead atoms. The Morgan fingerprint density at radius 3 is 2.42 bits per heavy atom. The van der Waals surface area contributed by atoms with E-state index >= 15 is 0 Å². The number of halogens is 3. The molecule has 0 spiro atoms. The monoisotopic (exact) mass is 408 g/mol. The molecule has 1 fully saturated rings. The lowest BCUT2D eigenvalue weighted by molar-refractivity contribution is -0.122. The molecular weight excluding hydrogens is 398 g/mol. The van der Waals surface area contributed by atoms with Gasteiger partial charge in [0.15, 0.2) is 5.11 Å². The summed E-state index contributed by atoms with van der Waals surface area (Å²) in [6, 6.07) is 9.35. The molecular formula is C18H11Cl2FN2O2S. The van der Waals surface area contributed by atoms with Gasteiger partial charge in [-0.05, 0) is 61.1 Å². The maximum atomic E-state index is 14.4. The minimum absolute atomic E-state index is 0.0333.